The molecule has 0 saturated carbocycles. The van der Waals surface area contributed by atoms with Gasteiger partial charge in [0.1, 0.15) is 0 Å². The average molecular weight is 339 g/mol. The molecule has 106 valence electrons. The molecule has 1 N–H and O–H groups in total. The van der Waals surface area contributed by atoms with Gasteiger partial charge in [-0.05, 0) is 37.2 Å². The van der Waals surface area contributed by atoms with E-state index in [1.165, 1.54) is 6.07 Å². The van der Waals surface area contributed by atoms with Gasteiger partial charge >= 0.3 is 0 Å². The zero-order chi connectivity index (χ0) is 14.5. The van der Waals surface area contributed by atoms with Crippen molar-refractivity contribution in [3.8, 4) is 11.6 Å². The zero-order valence-corrected chi connectivity index (χ0v) is 12.9. The highest BCUT2D eigenvalue weighted by atomic mass is 79.9. The molecule has 0 aliphatic heterocycles. The molecule has 0 fully saturated rings. The highest BCUT2D eigenvalue weighted by Crippen LogP contribution is 2.26. The van der Waals surface area contributed by atoms with Crippen molar-refractivity contribution < 1.29 is 9.13 Å². The molecule has 0 spiro atoms. The van der Waals surface area contributed by atoms with Crippen molar-refractivity contribution in [2.24, 2.45) is 0 Å². The fourth-order valence-electron chi connectivity index (χ4n) is 1.80. The predicted octanol–water partition coefficient (Wildman–Crippen LogP) is 4.45. The van der Waals surface area contributed by atoms with Gasteiger partial charge in [0.05, 0.1) is 0 Å². The second-order valence-electron chi connectivity index (χ2n) is 4.39. The number of hydrogen-bond donors (Lipinski definition) is 1. The zero-order valence-electron chi connectivity index (χ0n) is 11.4. The molecule has 0 bridgehead atoms. The Morgan fingerprint density at radius 2 is 2.15 bits per heavy atom. The summed E-state index contributed by atoms with van der Waals surface area (Å²) in [6, 6.07) is 8.43. The summed E-state index contributed by atoms with van der Waals surface area (Å²) < 4.78 is 19.8. The molecule has 1 heterocycles. The van der Waals surface area contributed by atoms with Crippen LogP contribution in [-0.2, 0) is 0 Å². The Kier molecular flexibility index (Phi) is 5.09. The molecule has 0 aliphatic carbocycles. The summed E-state index contributed by atoms with van der Waals surface area (Å²) in [5.41, 5.74) is 1.06. The lowest BCUT2D eigenvalue weighted by Crippen LogP contribution is -2.17. The second kappa shape index (κ2) is 6.81. The first-order valence-corrected chi connectivity index (χ1v) is 7.21. The summed E-state index contributed by atoms with van der Waals surface area (Å²) in [6.07, 6.45) is 1.73. The third kappa shape index (κ3) is 3.77. The molecule has 0 aliphatic rings. The molecule has 1 aromatic heterocycles. The minimum Gasteiger partial charge on any atom is -0.436 e. The number of pyridine rings is 1. The van der Waals surface area contributed by atoms with Gasteiger partial charge in [0.15, 0.2) is 11.6 Å². The van der Waals surface area contributed by atoms with Crippen molar-refractivity contribution in [1.29, 1.82) is 0 Å². The Bertz CT molecular complexity index is 575. The lowest BCUT2D eigenvalue weighted by Gasteiger charge is -2.12. The summed E-state index contributed by atoms with van der Waals surface area (Å²) in [4.78, 5) is 4.20. The van der Waals surface area contributed by atoms with E-state index in [1.807, 2.05) is 6.07 Å². The molecule has 2 aromatic rings. The summed E-state index contributed by atoms with van der Waals surface area (Å²) in [5, 5.41) is 3.30. The molecule has 2 rings (SSSR count). The first kappa shape index (κ1) is 14.9. The van der Waals surface area contributed by atoms with Crippen molar-refractivity contribution in [2.45, 2.75) is 19.9 Å². The molecule has 1 atom stereocenters. The molecule has 20 heavy (non-hydrogen) atoms. The van der Waals surface area contributed by atoms with E-state index in [1.54, 1.807) is 24.4 Å². The molecule has 1 aromatic carbocycles. The van der Waals surface area contributed by atoms with E-state index >= 15 is 0 Å². The quantitative estimate of drug-likeness (QED) is 0.874. The van der Waals surface area contributed by atoms with Crippen LogP contribution >= 0.6 is 15.9 Å². The standard InChI is InChI=1S/C15H16BrFN2O/c1-3-18-10(2)11-4-7-15(19-9-11)20-14-8-12(16)5-6-13(14)17/h4-10,18H,3H2,1-2H3. The molecule has 5 heteroatoms. The smallest absolute Gasteiger partial charge is 0.219 e. The minimum absolute atomic E-state index is 0.152. The van der Waals surface area contributed by atoms with Gasteiger partial charge in [0, 0.05) is 22.8 Å². The molecular weight excluding hydrogens is 323 g/mol. The van der Waals surface area contributed by atoms with Crippen LogP contribution in [-0.4, -0.2) is 11.5 Å². The largest absolute Gasteiger partial charge is 0.436 e. The molecular formula is C15H16BrFN2O. The fraction of sp³-hybridized carbons (Fsp3) is 0.267. The number of benzene rings is 1. The van der Waals surface area contributed by atoms with E-state index in [2.05, 4.69) is 40.1 Å². The first-order valence-electron chi connectivity index (χ1n) is 6.42. The SMILES string of the molecule is CCNC(C)c1ccc(Oc2cc(Br)ccc2F)nc1. The van der Waals surface area contributed by atoms with E-state index in [4.69, 9.17) is 4.74 Å². The minimum atomic E-state index is -0.417. The first-order chi connectivity index (χ1) is 9.60. The van der Waals surface area contributed by atoms with Gasteiger partial charge in [-0.3, -0.25) is 0 Å². The summed E-state index contributed by atoms with van der Waals surface area (Å²) >= 11 is 3.28. The third-order valence-corrected chi connectivity index (χ3v) is 3.37. The monoisotopic (exact) mass is 338 g/mol. The topological polar surface area (TPSA) is 34.1 Å². The number of aromatic nitrogens is 1. The van der Waals surface area contributed by atoms with Gasteiger partial charge in [-0.2, -0.15) is 0 Å². The number of ether oxygens (including phenoxy) is 1. The fourth-order valence-corrected chi connectivity index (χ4v) is 2.14. The molecule has 0 amide bonds. The van der Waals surface area contributed by atoms with Gasteiger partial charge in [-0.15, -0.1) is 0 Å². The van der Waals surface area contributed by atoms with Crippen molar-refractivity contribution in [3.05, 3.63) is 52.4 Å². The predicted molar refractivity (Wildman–Crippen MR) is 80.5 cm³/mol. The maximum Gasteiger partial charge on any atom is 0.219 e. The number of nitrogens with one attached hydrogen (secondary N) is 1. The van der Waals surface area contributed by atoms with Gasteiger partial charge < -0.3 is 10.1 Å². The Morgan fingerprint density at radius 3 is 2.80 bits per heavy atom. The lowest BCUT2D eigenvalue weighted by atomic mass is 10.1. The van der Waals surface area contributed by atoms with Crippen LogP contribution in [0.4, 0.5) is 4.39 Å². The van der Waals surface area contributed by atoms with Gasteiger partial charge in [-0.25, -0.2) is 9.37 Å². The molecule has 0 radical (unpaired) electrons. The van der Waals surface area contributed by atoms with Crippen molar-refractivity contribution in [3.63, 3.8) is 0 Å². The van der Waals surface area contributed by atoms with Crippen molar-refractivity contribution in [1.82, 2.24) is 10.3 Å². The second-order valence-corrected chi connectivity index (χ2v) is 5.30. The highest BCUT2D eigenvalue weighted by molar-refractivity contribution is 9.10. The van der Waals surface area contributed by atoms with Gasteiger partial charge in [0.25, 0.3) is 0 Å². The van der Waals surface area contributed by atoms with Crippen LogP contribution in [0.15, 0.2) is 41.0 Å². The van der Waals surface area contributed by atoms with E-state index in [0.29, 0.717) is 5.88 Å². The van der Waals surface area contributed by atoms with Crippen LogP contribution in [0.25, 0.3) is 0 Å². The number of rotatable bonds is 5. The van der Waals surface area contributed by atoms with Crippen LogP contribution in [0.1, 0.15) is 25.5 Å². The molecule has 3 nitrogen and oxygen atoms in total. The lowest BCUT2D eigenvalue weighted by molar-refractivity contribution is 0.426. The van der Waals surface area contributed by atoms with Crippen LogP contribution in [0.5, 0.6) is 11.6 Å². The Hall–Kier alpha value is -1.46. The normalized spacial score (nSPS) is 12.2. The molecule has 0 saturated heterocycles. The Labute approximate surface area is 126 Å². The maximum absolute atomic E-state index is 13.6. The van der Waals surface area contributed by atoms with Crippen molar-refractivity contribution >= 4 is 15.9 Å². The Balaban J connectivity index is 2.12. The average Bonchev–Trinajstić information content (AvgIpc) is 2.44. The maximum atomic E-state index is 13.6. The van der Waals surface area contributed by atoms with E-state index in [9.17, 15) is 4.39 Å². The van der Waals surface area contributed by atoms with Crippen LogP contribution in [0.2, 0.25) is 0 Å². The van der Waals surface area contributed by atoms with E-state index in [0.717, 1.165) is 16.6 Å². The number of nitrogens with zero attached hydrogens (tertiary/aromatic N) is 1. The van der Waals surface area contributed by atoms with Gasteiger partial charge in [-0.1, -0.05) is 28.9 Å². The van der Waals surface area contributed by atoms with E-state index < -0.39 is 5.82 Å². The highest BCUT2D eigenvalue weighted by Gasteiger charge is 2.08. The van der Waals surface area contributed by atoms with Crippen LogP contribution in [0, 0.1) is 5.82 Å². The van der Waals surface area contributed by atoms with Crippen LogP contribution in [0.3, 0.4) is 0 Å². The molecule has 1 unspecified atom stereocenters. The number of hydrogen-bond acceptors (Lipinski definition) is 3. The van der Waals surface area contributed by atoms with Crippen LogP contribution < -0.4 is 10.1 Å². The summed E-state index contributed by atoms with van der Waals surface area (Å²) in [5.74, 6) is 0.105. The van der Waals surface area contributed by atoms with Gasteiger partial charge in [0.2, 0.25) is 5.88 Å². The Morgan fingerprint density at radius 1 is 1.35 bits per heavy atom. The summed E-state index contributed by atoms with van der Waals surface area (Å²) in [7, 11) is 0. The van der Waals surface area contributed by atoms with Crippen molar-refractivity contribution in [2.75, 3.05) is 6.54 Å². The third-order valence-electron chi connectivity index (χ3n) is 2.88. The number of halogens is 2. The summed E-state index contributed by atoms with van der Waals surface area (Å²) in [6.45, 7) is 5.01. The van der Waals surface area contributed by atoms with E-state index in [-0.39, 0.29) is 11.8 Å².